The Bertz CT molecular complexity index is 697. The average molecular weight is 383 g/mol. The van der Waals surface area contributed by atoms with Crippen LogP contribution in [0.5, 0.6) is 11.5 Å². The second-order valence-corrected chi connectivity index (χ2v) is 8.60. The van der Waals surface area contributed by atoms with Crippen LogP contribution in [-0.2, 0) is 0 Å². The van der Waals surface area contributed by atoms with E-state index in [1.807, 2.05) is 36.4 Å². The number of hydrogen-bond donors (Lipinski definition) is 0. The fraction of sp³-hybridized carbons (Fsp3) is 0.480. The molecule has 0 radical (unpaired) electrons. The molecule has 0 atom stereocenters. The Kier molecular flexibility index (Phi) is 7.29. The maximum atomic E-state index is 12.8. The highest BCUT2D eigenvalue weighted by Gasteiger charge is 2.22. The van der Waals surface area contributed by atoms with Gasteiger partial charge >= 0.3 is 6.16 Å². The van der Waals surface area contributed by atoms with Gasteiger partial charge in [0.25, 0.3) is 0 Å². The Morgan fingerprint density at radius 1 is 0.571 bits per heavy atom. The highest BCUT2D eigenvalue weighted by atomic mass is 16.7. The van der Waals surface area contributed by atoms with Gasteiger partial charge in [-0.05, 0) is 45.9 Å². The topological polar surface area (TPSA) is 35.5 Å². The lowest BCUT2D eigenvalue weighted by Crippen LogP contribution is -2.18. The van der Waals surface area contributed by atoms with Crippen molar-refractivity contribution in [2.45, 2.75) is 79.1 Å². The normalized spacial score (nSPS) is 11.6. The maximum Gasteiger partial charge on any atom is 0.519 e. The van der Waals surface area contributed by atoms with Crippen LogP contribution in [0.2, 0.25) is 0 Å². The lowest BCUT2D eigenvalue weighted by Gasteiger charge is -2.21. The van der Waals surface area contributed by atoms with Crippen LogP contribution >= 0.6 is 0 Å². The number of benzene rings is 2. The van der Waals surface area contributed by atoms with E-state index in [-0.39, 0.29) is 23.7 Å². The van der Waals surface area contributed by atoms with Gasteiger partial charge < -0.3 is 9.47 Å². The van der Waals surface area contributed by atoms with Gasteiger partial charge in [-0.3, -0.25) is 0 Å². The van der Waals surface area contributed by atoms with Gasteiger partial charge in [-0.15, -0.1) is 0 Å². The van der Waals surface area contributed by atoms with Crippen LogP contribution < -0.4 is 9.47 Å². The van der Waals surface area contributed by atoms with Crippen molar-refractivity contribution in [3.63, 3.8) is 0 Å². The highest BCUT2D eigenvalue weighted by Crippen LogP contribution is 2.37. The number of hydrogen-bond acceptors (Lipinski definition) is 3. The third-order valence-electron chi connectivity index (χ3n) is 5.01. The van der Waals surface area contributed by atoms with E-state index in [0.29, 0.717) is 11.5 Å². The van der Waals surface area contributed by atoms with Gasteiger partial charge in [-0.25, -0.2) is 4.79 Å². The van der Waals surface area contributed by atoms with E-state index in [2.05, 4.69) is 55.4 Å². The molecule has 28 heavy (non-hydrogen) atoms. The standard InChI is InChI=1S/C25H34O3/c1-15(2)19-11-9-12-20(16(3)4)23(19)27-25(26)28-24-21(17(5)6)13-10-14-22(24)18(7)8/h9-18H,1-8H3. The molecule has 0 bridgehead atoms. The number of rotatable bonds is 6. The van der Waals surface area contributed by atoms with Crippen molar-refractivity contribution in [2.75, 3.05) is 0 Å². The molecular formula is C25H34O3. The summed E-state index contributed by atoms with van der Waals surface area (Å²) < 4.78 is 11.6. The monoisotopic (exact) mass is 382 g/mol. The Morgan fingerprint density at radius 2 is 0.821 bits per heavy atom. The van der Waals surface area contributed by atoms with Gasteiger partial charge in [0.2, 0.25) is 0 Å². The Hall–Kier alpha value is -2.29. The molecule has 0 saturated heterocycles. The number of carbonyl (C=O) groups excluding carboxylic acids is 1. The molecule has 0 heterocycles. The third-order valence-corrected chi connectivity index (χ3v) is 5.01. The Labute approximate surface area is 170 Å². The van der Waals surface area contributed by atoms with Crippen LogP contribution in [0, 0.1) is 0 Å². The van der Waals surface area contributed by atoms with E-state index < -0.39 is 6.16 Å². The van der Waals surface area contributed by atoms with Gasteiger partial charge in [0, 0.05) is 0 Å². The minimum Gasteiger partial charge on any atom is -0.394 e. The molecule has 0 fully saturated rings. The zero-order chi connectivity index (χ0) is 21.0. The largest absolute Gasteiger partial charge is 0.519 e. The zero-order valence-electron chi connectivity index (χ0n) is 18.5. The SMILES string of the molecule is CC(C)c1cccc(C(C)C)c1OC(=O)Oc1c(C(C)C)cccc1C(C)C. The summed E-state index contributed by atoms with van der Waals surface area (Å²) in [6, 6.07) is 12.1. The van der Waals surface area contributed by atoms with Crippen molar-refractivity contribution < 1.29 is 14.3 Å². The predicted molar refractivity (Wildman–Crippen MR) is 116 cm³/mol. The van der Waals surface area contributed by atoms with Gasteiger partial charge in [0.1, 0.15) is 11.5 Å². The molecular weight excluding hydrogens is 348 g/mol. The summed E-state index contributed by atoms with van der Waals surface area (Å²) >= 11 is 0. The maximum absolute atomic E-state index is 12.8. The van der Waals surface area contributed by atoms with Gasteiger partial charge in [0.05, 0.1) is 0 Å². The van der Waals surface area contributed by atoms with E-state index in [0.717, 1.165) is 22.3 Å². The Morgan fingerprint density at radius 3 is 1.04 bits per heavy atom. The minimum absolute atomic E-state index is 0.246. The van der Waals surface area contributed by atoms with E-state index >= 15 is 0 Å². The number of para-hydroxylation sites is 2. The number of carbonyl (C=O) groups is 1. The lowest BCUT2D eigenvalue weighted by atomic mass is 9.94. The summed E-state index contributed by atoms with van der Waals surface area (Å²) in [5, 5.41) is 0. The first kappa shape index (κ1) is 22.0. The molecule has 0 N–H and O–H groups in total. The molecule has 0 aliphatic carbocycles. The molecule has 0 aromatic heterocycles. The average Bonchev–Trinajstić information content (AvgIpc) is 2.61. The van der Waals surface area contributed by atoms with Crippen LogP contribution in [0.25, 0.3) is 0 Å². The van der Waals surface area contributed by atoms with Crippen LogP contribution in [0.15, 0.2) is 36.4 Å². The summed E-state index contributed by atoms with van der Waals surface area (Å²) in [7, 11) is 0. The van der Waals surface area contributed by atoms with Crippen LogP contribution in [0.1, 0.15) is 101 Å². The molecule has 3 nitrogen and oxygen atoms in total. The van der Waals surface area contributed by atoms with Crippen molar-refractivity contribution >= 4 is 6.16 Å². The molecule has 0 spiro atoms. The molecule has 2 aromatic carbocycles. The van der Waals surface area contributed by atoms with Gasteiger partial charge in [-0.1, -0.05) is 91.8 Å². The van der Waals surface area contributed by atoms with E-state index in [4.69, 9.17) is 9.47 Å². The predicted octanol–water partition coefficient (Wildman–Crippen LogP) is 7.76. The molecule has 3 heteroatoms. The third kappa shape index (κ3) is 4.95. The highest BCUT2D eigenvalue weighted by molar-refractivity contribution is 5.70. The van der Waals surface area contributed by atoms with E-state index in [1.54, 1.807) is 0 Å². The summed E-state index contributed by atoms with van der Waals surface area (Å²) in [6.45, 7) is 16.8. The lowest BCUT2D eigenvalue weighted by molar-refractivity contribution is 0.149. The molecule has 0 aliphatic rings. The molecule has 2 rings (SSSR count). The fourth-order valence-electron chi connectivity index (χ4n) is 3.39. The van der Waals surface area contributed by atoms with Crippen molar-refractivity contribution in [1.29, 1.82) is 0 Å². The summed E-state index contributed by atoms with van der Waals surface area (Å²) in [4.78, 5) is 12.8. The van der Waals surface area contributed by atoms with Crippen LogP contribution in [-0.4, -0.2) is 6.16 Å². The molecule has 0 saturated carbocycles. The van der Waals surface area contributed by atoms with E-state index in [9.17, 15) is 4.79 Å². The van der Waals surface area contributed by atoms with Gasteiger partial charge in [0.15, 0.2) is 0 Å². The van der Waals surface area contributed by atoms with Crippen molar-refractivity contribution in [3.8, 4) is 11.5 Å². The van der Waals surface area contributed by atoms with Crippen molar-refractivity contribution in [1.82, 2.24) is 0 Å². The molecule has 152 valence electrons. The van der Waals surface area contributed by atoms with Crippen LogP contribution in [0.4, 0.5) is 4.79 Å². The molecule has 0 aliphatic heterocycles. The first-order valence-corrected chi connectivity index (χ1v) is 10.3. The molecule has 2 aromatic rings. The summed E-state index contributed by atoms with van der Waals surface area (Å²) in [5.41, 5.74) is 4.07. The first-order valence-electron chi connectivity index (χ1n) is 10.3. The second kappa shape index (κ2) is 9.27. The molecule has 0 unspecified atom stereocenters. The zero-order valence-corrected chi connectivity index (χ0v) is 18.5. The summed E-state index contributed by atoms with van der Waals surface area (Å²) in [6.07, 6.45) is -0.676. The van der Waals surface area contributed by atoms with E-state index in [1.165, 1.54) is 0 Å². The molecule has 0 amide bonds. The van der Waals surface area contributed by atoms with Crippen LogP contribution in [0.3, 0.4) is 0 Å². The summed E-state index contributed by atoms with van der Waals surface area (Å²) in [5.74, 6) is 2.24. The smallest absolute Gasteiger partial charge is 0.394 e. The van der Waals surface area contributed by atoms with Crippen molar-refractivity contribution in [3.05, 3.63) is 58.7 Å². The van der Waals surface area contributed by atoms with Gasteiger partial charge in [-0.2, -0.15) is 0 Å². The second-order valence-electron chi connectivity index (χ2n) is 8.60. The first-order chi connectivity index (χ1) is 13.1. The Balaban J connectivity index is 2.41. The number of ether oxygens (including phenoxy) is 2. The quantitative estimate of drug-likeness (QED) is 0.378. The fourth-order valence-corrected chi connectivity index (χ4v) is 3.39. The van der Waals surface area contributed by atoms with Crippen molar-refractivity contribution in [2.24, 2.45) is 0 Å². The minimum atomic E-state index is -0.676.